The van der Waals surface area contributed by atoms with E-state index in [0.717, 1.165) is 5.56 Å². The zero-order chi connectivity index (χ0) is 30.8. The monoisotopic (exact) mass is 625 g/mol. The molecule has 3 heterocycles. The Morgan fingerprint density at radius 3 is 2.35 bits per heavy atom. The lowest BCUT2D eigenvalue weighted by molar-refractivity contribution is -0.141. The molecule has 2 aromatic heterocycles. The summed E-state index contributed by atoms with van der Waals surface area (Å²) < 4.78 is 59.5. The molecule has 1 atom stereocenters. The van der Waals surface area contributed by atoms with E-state index in [-0.39, 0.29) is 46.3 Å². The van der Waals surface area contributed by atoms with Crippen molar-refractivity contribution in [1.29, 1.82) is 0 Å². The van der Waals surface area contributed by atoms with Crippen LogP contribution in [0.3, 0.4) is 0 Å². The highest BCUT2D eigenvalue weighted by molar-refractivity contribution is 7.92. The number of sulfonamides is 1. The van der Waals surface area contributed by atoms with E-state index in [9.17, 15) is 8.42 Å². The third-order valence-corrected chi connectivity index (χ3v) is 8.81. The van der Waals surface area contributed by atoms with Crippen LogP contribution in [-0.4, -0.2) is 50.6 Å². The minimum atomic E-state index is -4.10. The van der Waals surface area contributed by atoms with Crippen molar-refractivity contribution in [3.63, 3.8) is 0 Å². The molecule has 1 aliphatic heterocycles. The Hall–Kier alpha value is -3.71. The van der Waals surface area contributed by atoms with Crippen molar-refractivity contribution < 1.29 is 32.1 Å². The van der Waals surface area contributed by atoms with Crippen LogP contribution in [0.2, 0.25) is 0 Å². The topological polar surface area (TPSA) is 118 Å². The number of hydrogen-bond acceptors (Lipinski definition) is 10. The van der Waals surface area contributed by atoms with Crippen molar-refractivity contribution in [2.45, 2.75) is 56.8 Å². The Kier molecular flexibility index (Phi) is 8.66. The highest BCUT2D eigenvalue weighted by atomic mass is 32.2. The number of ether oxygens (including phenoxy) is 5. The summed E-state index contributed by atoms with van der Waals surface area (Å²) in [6.07, 6.45) is -0.379. The van der Waals surface area contributed by atoms with Crippen LogP contribution in [0.5, 0.6) is 23.1 Å². The molecule has 43 heavy (non-hydrogen) atoms. The van der Waals surface area contributed by atoms with Crippen LogP contribution >= 0.6 is 11.3 Å². The van der Waals surface area contributed by atoms with E-state index in [2.05, 4.69) is 35.5 Å². The van der Waals surface area contributed by atoms with E-state index in [4.69, 9.17) is 23.7 Å². The van der Waals surface area contributed by atoms with Gasteiger partial charge < -0.3 is 23.7 Å². The number of thiophene rings is 1. The van der Waals surface area contributed by atoms with Crippen LogP contribution in [0.4, 0.5) is 5.82 Å². The molecule has 10 nitrogen and oxygen atoms in total. The Bertz CT molecular complexity index is 1670. The standard InChI is InChI=1S/C31H35N3O7S2/c1-30(2,3)20-13-15-22(16-14-20)43(35,36)34-28-26(40-24-11-8-7-10-23(24)37-6)29(33-27(32-28)25-12-9-17-42-25)38-18-21-19-39-31(4,5)41-21/h7-17,21H,18-19H2,1-6H3,(H,32,33,34)/t21-/m1/s1. The van der Waals surface area contributed by atoms with E-state index in [0.29, 0.717) is 23.0 Å². The first kappa shape index (κ1) is 30.7. The Labute approximate surface area is 256 Å². The van der Waals surface area contributed by atoms with Crippen molar-refractivity contribution in [3.8, 4) is 33.8 Å². The number of methoxy groups -OCH3 is 1. The van der Waals surface area contributed by atoms with Gasteiger partial charge in [-0.25, -0.2) is 13.4 Å². The number of nitrogens with one attached hydrogen (secondary N) is 1. The van der Waals surface area contributed by atoms with Gasteiger partial charge in [0, 0.05) is 0 Å². The predicted molar refractivity (Wildman–Crippen MR) is 165 cm³/mol. The molecule has 0 bridgehead atoms. The second-order valence-corrected chi connectivity index (χ2v) is 14.0. The van der Waals surface area contributed by atoms with E-state index in [1.807, 2.05) is 31.4 Å². The van der Waals surface area contributed by atoms with E-state index >= 15 is 0 Å². The van der Waals surface area contributed by atoms with Gasteiger partial charge in [-0.2, -0.15) is 4.98 Å². The summed E-state index contributed by atoms with van der Waals surface area (Å²) in [5.74, 6) is 0.166. The first-order valence-corrected chi connectivity index (χ1v) is 16.1. The fraction of sp³-hybridized carbons (Fsp3) is 0.355. The number of rotatable bonds is 10. The Morgan fingerprint density at radius 2 is 1.74 bits per heavy atom. The van der Waals surface area contributed by atoms with E-state index in [1.54, 1.807) is 48.5 Å². The van der Waals surface area contributed by atoms with Gasteiger partial charge in [0.15, 0.2) is 28.9 Å². The van der Waals surface area contributed by atoms with Crippen LogP contribution in [0.25, 0.3) is 10.7 Å². The van der Waals surface area contributed by atoms with E-state index < -0.39 is 15.8 Å². The summed E-state index contributed by atoms with van der Waals surface area (Å²) in [6, 6.07) is 17.4. The number of para-hydroxylation sites is 2. The largest absolute Gasteiger partial charge is 0.493 e. The van der Waals surface area contributed by atoms with Crippen LogP contribution < -0.4 is 18.9 Å². The average Bonchev–Trinajstić information content (AvgIpc) is 3.62. The SMILES string of the molecule is COc1ccccc1Oc1c(NS(=O)(=O)c2ccc(C(C)(C)C)cc2)nc(-c2cccs2)nc1OC[C@@H]1COC(C)(C)O1. The number of nitrogens with zero attached hydrogens (tertiary/aromatic N) is 2. The third-order valence-electron chi connectivity index (χ3n) is 6.59. The van der Waals surface area contributed by atoms with E-state index in [1.165, 1.54) is 18.4 Å². The number of anilines is 1. The van der Waals surface area contributed by atoms with Crippen molar-refractivity contribution >= 4 is 27.2 Å². The minimum Gasteiger partial charge on any atom is -0.493 e. The van der Waals surface area contributed by atoms with Gasteiger partial charge in [0.1, 0.15) is 12.7 Å². The highest BCUT2D eigenvalue weighted by Crippen LogP contribution is 2.42. The van der Waals surface area contributed by atoms with Crippen molar-refractivity contribution in [2.24, 2.45) is 0 Å². The summed E-state index contributed by atoms with van der Waals surface area (Å²) >= 11 is 1.41. The van der Waals surface area contributed by atoms with Crippen molar-refractivity contribution in [3.05, 3.63) is 71.6 Å². The smallest absolute Gasteiger partial charge is 0.263 e. The summed E-state index contributed by atoms with van der Waals surface area (Å²) in [4.78, 5) is 10.0. The zero-order valence-corrected chi connectivity index (χ0v) is 26.5. The molecule has 0 spiro atoms. The van der Waals surface area contributed by atoms with Gasteiger partial charge in [-0.15, -0.1) is 11.3 Å². The van der Waals surface area contributed by atoms with Crippen LogP contribution in [-0.2, 0) is 24.9 Å². The fourth-order valence-corrected chi connectivity index (χ4v) is 6.02. The predicted octanol–water partition coefficient (Wildman–Crippen LogP) is 6.63. The number of benzene rings is 2. The van der Waals surface area contributed by atoms with Crippen LogP contribution in [0.1, 0.15) is 40.2 Å². The summed E-state index contributed by atoms with van der Waals surface area (Å²) in [7, 11) is -2.59. The quantitative estimate of drug-likeness (QED) is 0.207. The molecule has 4 aromatic rings. The maximum absolute atomic E-state index is 13.7. The normalized spacial score (nSPS) is 16.6. The Balaban J connectivity index is 1.59. The number of aromatic nitrogens is 2. The molecule has 5 rings (SSSR count). The molecule has 12 heteroatoms. The molecule has 228 valence electrons. The lowest BCUT2D eigenvalue weighted by Gasteiger charge is -2.20. The zero-order valence-electron chi connectivity index (χ0n) is 24.9. The molecule has 1 aliphatic rings. The van der Waals surface area contributed by atoms with Gasteiger partial charge in [-0.3, -0.25) is 4.72 Å². The van der Waals surface area contributed by atoms with Crippen molar-refractivity contribution in [2.75, 3.05) is 25.0 Å². The van der Waals surface area contributed by atoms with Crippen molar-refractivity contribution in [1.82, 2.24) is 9.97 Å². The fourth-order valence-electron chi connectivity index (χ4n) is 4.36. The van der Waals surface area contributed by atoms with Gasteiger partial charge in [0.05, 0.1) is 23.5 Å². The third kappa shape index (κ3) is 7.27. The van der Waals surface area contributed by atoms with Crippen LogP contribution in [0.15, 0.2) is 70.9 Å². The van der Waals surface area contributed by atoms with Gasteiger partial charge in [0.25, 0.3) is 15.9 Å². The maximum Gasteiger partial charge on any atom is 0.263 e. The lowest BCUT2D eigenvalue weighted by atomic mass is 9.87. The van der Waals surface area contributed by atoms with Gasteiger partial charge in [-0.1, -0.05) is 51.1 Å². The molecule has 1 saturated heterocycles. The molecule has 0 amide bonds. The molecule has 0 unspecified atom stereocenters. The maximum atomic E-state index is 13.7. The number of hydrogen-bond donors (Lipinski definition) is 1. The molecular weight excluding hydrogens is 590 g/mol. The van der Waals surface area contributed by atoms with Crippen LogP contribution in [0, 0.1) is 0 Å². The molecular formula is C31H35N3O7S2. The molecule has 0 saturated carbocycles. The Morgan fingerprint density at radius 1 is 1.02 bits per heavy atom. The minimum absolute atomic E-state index is 0.0263. The molecule has 2 aromatic carbocycles. The first-order valence-electron chi connectivity index (χ1n) is 13.7. The highest BCUT2D eigenvalue weighted by Gasteiger charge is 2.34. The molecule has 1 fully saturated rings. The van der Waals surface area contributed by atoms with Gasteiger partial charge in [0.2, 0.25) is 5.75 Å². The van der Waals surface area contributed by atoms with Gasteiger partial charge >= 0.3 is 0 Å². The second-order valence-electron chi connectivity index (χ2n) is 11.4. The molecule has 0 aliphatic carbocycles. The van der Waals surface area contributed by atoms with Gasteiger partial charge in [-0.05, 0) is 60.5 Å². The average molecular weight is 626 g/mol. The molecule has 1 N–H and O–H groups in total. The summed E-state index contributed by atoms with van der Waals surface area (Å²) in [5.41, 5.74) is 0.870. The summed E-state index contributed by atoms with van der Waals surface area (Å²) in [6.45, 7) is 10.2. The lowest BCUT2D eigenvalue weighted by Crippen LogP contribution is -2.25. The summed E-state index contributed by atoms with van der Waals surface area (Å²) in [5, 5.41) is 1.88. The first-order chi connectivity index (χ1) is 20.3. The second kappa shape index (κ2) is 12.1. The molecule has 0 radical (unpaired) electrons.